The second-order valence-electron chi connectivity index (χ2n) is 3.52. The zero-order valence-electron chi connectivity index (χ0n) is 9.42. The molecule has 0 spiro atoms. The monoisotopic (exact) mass is 252 g/mol. The number of aryl methyl sites for hydroxylation is 1. The lowest BCUT2D eigenvalue weighted by Crippen LogP contribution is -2.35. The lowest BCUT2D eigenvalue weighted by atomic mass is 10.2. The van der Waals surface area contributed by atoms with Crippen LogP contribution in [-0.2, 0) is 9.59 Å². The number of hydrogen-bond donors (Lipinski definition) is 2. The first-order valence-electron chi connectivity index (χ1n) is 4.98. The summed E-state index contributed by atoms with van der Waals surface area (Å²) >= 11 is 5.46. The molecule has 0 saturated heterocycles. The van der Waals surface area contributed by atoms with Crippen LogP contribution in [-0.4, -0.2) is 18.4 Å². The highest BCUT2D eigenvalue weighted by atomic mass is 35.5. The zero-order chi connectivity index (χ0) is 12.8. The van der Waals surface area contributed by atoms with Gasteiger partial charge in [-0.3, -0.25) is 9.59 Å². The van der Waals surface area contributed by atoms with Crippen molar-refractivity contribution in [1.82, 2.24) is 5.32 Å². The van der Waals surface area contributed by atoms with Crippen LogP contribution < -0.4 is 10.6 Å². The molecule has 0 aliphatic carbocycles. The van der Waals surface area contributed by atoms with Crippen LogP contribution in [0.2, 0.25) is 0 Å². The standard InChI is InChI=1S/C12H13ClN2O2/c1-8-3-5-10(6-4-8)15-12(17)11(16)14-7-9(2)13/h3-6H,2,7H2,1H3,(H,14,16)(H,15,17). The van der Waals surface area contributed by atoms with Gasteiger partial charge < -0.3 is 10.6 Å². The number of rotatable bonds is 3. The van der Waals surface area contributed by atoms with E-state index in [-0.39, 0.29) is 11.6 Å². The van der Waals surface area contributed by atoms with E-state index in [1.807, 2.05) is 19.1 Å². The van der Waals surface area contributed by atoms with E-state index in [0.29, 0.717) is 5.69 Å². The largest absolute Gasteiger partial charge is 0.343 e. The highest BCUT2D eigenvalue weighted by Crippen LogP contribution is 2.08. The van der Waals surface area contributed by atoms with Crippen molar-refractivity contribution in [3.05, 3.63) is 41.4 Å². The molecule has 4 nitrogen and oxygen atoms in total. The van der Waals surface area contributed by atoms with E-state index in [4.69, 9.17) is 11.6 Å². The molecule has 0 atom stereocenters. The van der Waals surface area contributed by atoms with Crippen molar-refractivity contribution < 1.29 is 9.59 Å². The van der Waals surface area contributed by atoms with E-state index in [9.17, 15) is 9.59 Å². The summed E-state index contributed by atoms with van der Waals surface area (Å²) in [5.41, 5.74) is 1.64. The molecule has 5 heteroatoms. The minimum absolute atomic E-state index is 0.0711. The topological polar surface area (TPSA) is 58.2 Å². The Morgan fingerprint density at radius 1 is 1.24 bits per heavy atom. The molecule has 0 unspecified atom stereocenters. The van der Waals surface area contributed by atoms with Crippen LogP contribution in [0.15, 0.2) is 35.9 Å². The summed E-state index contributed by atoms with van der Waals surface area (Å²) in [7, 11) is 0. The van der Waals surface area contributed by atoms with Crippen molar-refractivity contribution in [3.63, 3.8) is 0 Å². The van der Waals surface area contributed by atoms with Crippen LogP contribution in [0.3, 0.4) is 0 Å². The van der Waals surface area contributed by atoms with Crippen molar-refractivity contribution in [3.8, 4) is 0 Å². The minimum Gasteiger partial charge on any atom is -0.343 e. The third-order valence-corrected chi connectivity index (χ3v) is 2.09. The van der Waals surface area contributed by atoms with Gasteiger partial charge in [0.15, 0.2) is 0 Å². The molecule has 1 rings (SSSR count). The van der Waals surface area contributed by atoms with Crippen LogP contribution in [0.25, 0.3) is 0 Å². The van der Waals surface area contributed by atoms with E-state index < -0.39 is 11.8 Å². The van der Waals surface area contributed by atoms with Gasteiger partial charge in [0.2, 0.25) is 0 Å². The number of halogens is 1. The average Bonchev–Trinajstić information content (AvgIpc) is 2.28. The Kier molecular flexibility index (Phi) is 4.72. The fourth-order valence-corrected chi connectivity index (χ4v) is 1.15. The normalized spacial score (nSPS) is 9.53. The van der Waals surface area contributed by atoms with Gasteiger partial charge in [-0.2, -0.15) is 0 Å². The number of carbonyl (C=O) groups is 2. The predicted octanol–water partition coefficient (Wildman–Crippen LogP) is 1.80. The Morgan fingerprint density at radius 3 is 2.35 bits per heavy atom. The lowest BCUT2D eigenvalue weighted by molar-refractivity contribution is -0.136. The molecule has 1 aromatic rings. The zero-order valence-corrected chi connectivity index (χ0v) is 10.2. The van der Waals surface area contributed by atoms with E-state index >= 15 is 0 Å². The summed E-state index contributed by atoms with van der Waals surface area (Å²) in [6.07, 6.45) is 0. The molecule has 2 amide bonds. The molecule has 17 heavy (non-hydrogen) atoms. The molecule has 0 aliphatic heterocycles. The summed E-state index contributed by atoms with van der Waals surface area (Å²) in [5, 5.41) is 5.07. The Morgan fingerprint density at radius 2 is 1.82 bits per heavy atom. The SMILES string of the molecule is C=C(Cl)CNC(=O)C(=O)Nc1ccc(C)cc1. The van der Waals surface area contributed by atoms with Crippen molar-refractivity contribution in [2.75, 3.05) is 11.9 Å². The summed E-state index contributed by atoms with van der Waals surface area (Å²) in [6.45, 7) is 5.41. The van der Waals surface area contributed by atoms with Gasteiger partial charge in [-0.15, -0.1) is 0 Å². The molecular weight excluding hydrogens is 240 g/mol. The smallest absolute Gasteiger partial charge is 0.313 e. The van der Waals surface area contributed by atoms with Gasteiger partial charge in [0.1, 0.15) is 0 Å². The quantitative estimate of drug-likeness (QED) is 0.806. The van der Waals surface area contributed by atoms with Gasteiger partial charge in [0.25, 0.3) is 0 Å². The molecule has 1 aromatic carbocycles. The van der Waals surface area contributed by atoms with Gasteiger partial charge in [-0.1, -0.05) is 35.9 Å². The van der Waals surface area contributed by atoms with E-state index in [0.717, 1.165) is 5.56 Å². The number of nitrogens with one attached hydrogen (secondary N) is 2. The summed E-state index contributed by atoms with van der Waals surface area (Å²) < 4.78 is 0. The molecular formula is C12H13ClN2O2. The fraction of sp³-hybridized carbons (Fsp3) is 0.167. The van der Waals surface area contributed by atoms with Gasteiger partial charge in [-0.05, 0) is 19.1 Å². The van der Waals surface area contributed by atoms with Crippen molar-refractivity contribution >= 4 is 29.1 Å². The van der Waals surface area contributed by atoms with Crippen LogP contribution in [0.1, 0.15) is 5.56 Å². The molecule has 90 valence electrons. The Bertz CT molecular complexity index is 440. The number of benzene rings is 1. The van der Waals surface area contributed by atoms with Crippen LogP contribution in [0, 0.1) is 6.92 Å². The lowest BCUT2D eigenvalue weighted by Gasteiger charge is -2.05. The highest BCUT2D eigenvalue weighted by Gasteiger charge is 2.12. The van der Waals surface area contributed by atoms with E-state index in [1.165, 1.54) is 0 Å². The molecule has 0 aromatic heterocycles. The number of hydrogen-bond acceptors (Lipinski definition) is 2. The first-order chi connectivity index (χ1) is 7.99. The number of amides is 2. The van der Waals surface area contributed by atoms with Gasteiger partial charge in [-0.25, -0.2) is 0 Å². The Labute approximate surface area is 105 Å². The van der Waals surface area contributed by atoms with E-state index in [1.54, 1.807) is 12.1 Å². The average molecular weight is 253 g/mol. The third-order valence-electron chi connectivity index (χ3n) is 1.96. The first kappa shape index (κ1) is 13.3. The second-order valence-corrected chi connectivity index (χ2v) is 4.05. The summed E-state index contributed by atoms with van der Waals surface area (Å²) in [4.78, 5) is 22.7. The third kappa shape index (κ3) is 4.70. The first-order valence-corrected chi connectivity index (χ1v) is 5.36. The van der Waals surface area contributed by atoms with Gasteiger partial charge in [0.05, 0.1) is 6.54 Å². The van der Waals surface area contributed by atoms with Crippen LogP contribution in [0.5, 0.6) is 0 Å². The van der Waals surface area contributed by atoms with Crippen molar-refractivity contribution in [2.24, 2.45) is 0 Å². The summed E-state index contributed by atoms with van der Waals surface area (Å²) in [5.74, 6) is -1.47. The maximum Gasteiger partial charge on any atom is 0.313 e. The molecule has 0 saturated carbocycles. The molecule has 0 fully saturated rings. The molecule has 0 bridgehead atoms. The molecule has 0 heterocycles. The van der Waals surface area contributed by atoms with Gasteiger partial charge >= 0.3 is 11.8 Å². The predicted molar refractivity (Wildman–Crippen MR) is 67.8 cm³/mol. The maximum absolute atomic E-state index is 11.4. The van der Waals surface area contributed by atoms with Crippen molar-refractivity contribution in [2.45, 2.75) is 6.92 Å². The van der Waals surface area contributed by atoms with Crippen LogP contribution >= 0.6 is 11.6 Å². The van der Waals surface area contributed by atoms with Crippen LogP contribution in [0.4, 0.5) is 5.69 Å². The number of anilines is 1. The second kappa shape index (κ2) is 6.06. The summed E-state index contributed by atoms with van der Waals surface area (Å²) in [6, 6.07) is 7.13. The Hall–Kier alpha value is -1.81. The van der Waals surface area contributed by atoms with Gasteiger partial charge in [0, 0.05) is 10.7 Å². The Balaban J connectivity index is 2.51. The highest BCUT2D eigenvalue weighted by molar-refractivity contribution is 6.40. The maximum atomic E-state index is 11.4. The molecule has 0 aliphatic rings. The molecule has 2 N–H and O–H groups in total. The fourth-order valence-electron chi connectivity index (χ4n) is 1.08. The number of carbonyl (C=O) groups excluding carboxylic acids is 2. The molecule has 0 radical (unpaired) electrons. The van der Waals surface area contributed by atoms with E-state index in [2.05, 4.69) is 17.2 Å². The van der Waals surface area contributed by atoms with Crippen molar-refractivity contribution in [1.29, 1.82) is 0 Å². The minimum atomic E-state index is -0.743.